The molecule has 0 spiro atoms. The minimum Gasteiger partial charge on any atom is -0.394 e. The Bertz CT molecular complexity index is 998. The van der Waals surface area contributed by atoms with E-state index in [4.69, 9.17) is 9.47 Å². The average molecular weight is 778 g/mol. The summed E-state index contributed by atoms with van der Waals surface area (Å²) in [5.74, 6) is -0.194. The van der Waals surface area contributed by atoms with Crippen LogP contribution in [-0.4, -0.2) is 87.5 Å². The fourth-order valence-electron chi connectivity index (χ4n) is 6.73. The molecule has 0 radical (unpaired) electrons. The molecule has 1 fully saturated rings. The first-order chi connectivity index (χ1) is 26.8. The zero-order chi connectivity index (χ0) is 40.2. The highest BCUT2D eigenvalue weighted by atomic mass is 16.7. The van der Waals surface area contributed by atoms with Gasteiger partial charge in [-0.2, -0.15) is 0 Å². The van der Waals surface area contributed by atoms with E-state index in [-0.39, 0.29) is 12.5 Å². The van der Waals surface area contributed by atoms with E-state index in [1.807, 2.05) is 6.08 Å². The monoisotopic (exact) mass is 778 g/mol. The topological polar surface area (TPSA) is 149 Å². The predicted molar refractivity (Wildman–Crippen MR) is 226 cm³/mol. The van der Waals surface area contributed by atoms with Gasteiger partial charge >= 0.3 is 0 Å². The number of allylic oxidation sites excluding steroid dienone is 7. The quantitative estimate of drug-likeness (QED) is 0.0273. The Morgan fingerprint density at radius 1 is 0.618 bits per heavy atom. The van der Waals surface area contributed by atoms with Gasteiger partial charge in [0.1, 0.15) is 24.4 Å². The number of ether oxygens (including phenoxy) is 2. The van der Waals surface area contributed by atoms with Crippen molar-refractivity contribution in [3.05, 3.63) is 48.6 Å². The normalized spacial score (nSPS) is 21.8. The zero-order valence-corrected chi connectivity index (χ0v) is 34.9. The molecule has 1 saturated heterocycles. The lowest BCUT2D eigenvalue weighted by atomic mass is 9.99. The molecular formula is C46H83NO8. The van der Waals surface area contributed by atoms with Gasteiger partial charge in [-0.15, -0.1) is 0 Å². The Kier molecular flexibility index (Phi) is 33.9. The molecule has 0 aromatic carbocycles. The number of amides is 1. The summed E-state index contributed by atoms with van der Waals surface area (Å²) in [4.78, 5) is 12.9. The molecular weight excluding hydrogens is 695 g/mol. The van der Waals surface area contributed by atoms with Crippen LogP contribution in [0.25, 0.3) is 0 Å². The van der Waals surface area contributed by atoms with Crippen molar-refractivity contribution in [2.24, 2.45) is 0 Å². The lowest BCUT2D eigenvalue weighted by molar-refractivity contribution is -0.302. The number of unbranched alkanes of at least 4 members (excludes halogenated alkanes) is 20. The van der Waals surface area contributed by atoms with Crippen molar-refractivity contribution < 1.29 is 39.8 Å². The van der Waals surface area contributed by atoms with E-state index in [0.717, 1.165) is 44.9 Å². The van der Waals surface area contributed by atoms with Crippen LogP contribution in [-0.2, 0) is 14.3 Å². The van der Waals surface area contributed by atoms with E-state index >= 15 is 0 Å². The molecule has 9 heteroatoms. The van der Waals surface area contributed by atoms with Gasteiger partial charge in [-0.25, -0.2) is 0 Å². The summed E-state index contributed by atoms with van der Waals surface area (Å²) in [6, 6.07) is -0.820. The van der Waals surface area contributed by atoms with Crippen molar-refractivity contribution >= 4 is 5.91 Å². The van der Waals surface area contributed by atoms with Crippen LogP contribution in [0.15, 0.2) is 48.6 Å². The lowest BCUT2D eigenvalue weighted by Gasteiger charge is -2.40. The molecule has 1 aliphatic heterocycles. The van der Waals surface area contributed by atoms with Gasteiger partial charge in [0, 0.05) is 6.42 Å². The molecule has 1 amide bonds. The van der Waals surface area contributed by atoms with Crippen molar-refractivity contribution in [3.8, 4) is 0 Å². The van der Waals surface area contributed by atoms with Gasteiger partial charge in [-0.3, -0.25) is 4.79 Å². The molecule has 320 valence electrons. The number of nitrogens with one attached hydrogen (secondary N) is 1. The van der Waals surface area contributed by atoms with Crippen LogP contribution < -0.4 is 5.32 Å². The first-order valence-electron chi connectivity index (χ1n) is 22.4. The van der Waals surface area contributed by atoms with Crippen molar-refractivity contribution in [1.29, 1.82) is 0 Å². The van der Waals surface area contributed by atoms with Crippen LogP contribution in [0.1, 0.15) is 181 Å². The molecule has 7 unspecified atom stereocenters. The third-order valence-corrected chi connectivity index (χ3v) is 10.4. The summed E-state index contributed by atoms with van der Waals surface area (Å²) in [6.07, 6.45) is 38.9. The Balaban J connectivity index is 2.27. The number of rotatable bonds is 36. The van der Waals surface area contributed by atoms with Gasteiger partial charge in [-0.05, 0) is 64.2 Å². The molecule has 7 atom stereocenters. The van der Waals surface area contributed by atoms with Crippen molar-refractivity contribution in [1.82, 2.24) is 5.32 Å². The molecule has 0 aliphatic carbocycles. The predicted octanol–water partition coefficient (Wildman–Crippen LogP) is 9.06. The maximum Gasteiger partial charge on any atom is 0.220 e. The Hall–Kier alpha value is -1.85. The zero-order valence-electron chi connectivity index (χ0n) is 34.9. The maximum atomic E-state index is 12.9. The van der Waals surface area contributed by atoms with E-state index < -0.39 is 49.5 Å². The number of hydrogen-bond donors (Lipinski definition) is 6. The average Bonchev–Trinajstić information content (AvgIpc) is 3.18. The summed E-state index contributed by atoms with van der Waals surface area (Å²) in [5.41, 5.74) is 0. The second-order valence-corrected chi connectivity index (χ2v) is 15.5. The number of aliphatic hydroxyl groups is 5. The molecule has 0 aromatic heterocycles. The molecule has 1 heterocycles. The Morgan fingerprint density at radius 3 is 1.67 bits per heavy atom. The highest BCUT2D eigenvalue weighted by molar-refractivity contribution is 5.76. The minimum absolute atomic E-state index is 0.194. The van der Waals surface area contributed by atoms with Gasteiger partial charge in [0.05, 0.1) is 25.4 Å². The van der Waals surface area contributed by atoms with Crippen LogP contribution >= 0.6 is 0 Å². The largest absolute Gasteiger partial charge is 0.394 e. The van der Waals surface area contributed by atoms with E-state index in [2.05, 4.69) is 55.6 Å². The first-order valence-corrected chi connectivity index (χ1v) is 22.4. The number of hydrogen-bond acceptors (Lipinski definition) is 8. The summed E-state index contributed by atoms with van der Waals surface area (Å²) in [5, 5.41) is 53.9. The molecule has 55 heavy (non-hydrogen) atoms. The summed E-state index contributed by atoms with van der Waals surface area (Å²) in [7, 11) is 0. The van der Waals surface area contributed by atoms with Crippen LogP contribution in [0.5, 0.6) is 0 Å². The highest BCUT2D eigenvalue weighted by Gasteiger charge is 2.44. The van der Waals surface area contributed by atoms with Crippen LogP contribution in [0, 0.1) is 0 Å². The third-order valence-electron chi connectivity index (χ3n) is 10.4. The summed E-state index contributed by atoms with van der Waals surface area (Å²) >= 11 is 0. The number of carbonyl (C=O) groups excluding carboxylic acids is 1. The van der Waals surface area contributed by atoms with Crippen LogP contribution in [0.2, 0.25) is 0 Å². The Labute approximate surface area is 335 Å². The Morgan fingerprint density at radius 2 is 1.09 bits per heavy atom. The first kappa shape index (κ1) is 51.2. The molecule has 0 bridgehead atoms. The van der Waals surface area contributed by atoms with Crippen molar-refractivity contribution in [2.75, 3.05) is 13.2 Å². The molecule has 6 N–H and O–H groups in total. The van der Waals surface area contributed by atoms with Crippen molar-refractivity contribution in [3.63, 3.8) is 0 Å². The van der Waals surface area contributed by atoms with Gasteiger partial charge in [0.15, 0.2) is 6.29 Å². The molecule has 1 aliphatic rings. The van der Waals surface area contributed by atoms with Crippen LogP contribution in [0.3, 0.4) is 0 Å². The summed E-state index contributed by atoms with van der Waals surface area (Å²) < 4.78 is 11.1. The molecule has 9 nitrogen and oxygen atoms in total. The van der Waals surface area contributed by atoms with Crippen molar-refractivity contribution in [2.45, 2.75) is 224 Å². The molecule has 1 rings (SSSR count). The minimum atomic E-state index is -1.57. The maximum absolute atomic E-state index is 12.9. The smallest absolute Gasteiger partial charge is 0.220 e. The fourth-order valence-corrected chi connectivity index (χ4v) is 6.73. The van der Waals surface area contributed by atoms with E-state index in [1.165, 1.54) is 116 Å². The van der Waals surface area contributed by atoms with Gasteiger partial charge < -0.3 is 40.3 Å². The molecule has 0 saturated carbocycles. The fraction of sp³-hybridized carbons (Fsp3) is 0.804. The standard InChI is InChI=1S/C46H83NO8/c1-3-5-7-9-11-13-14-15-16-17-18-19-20-21-22-23-24-25-26-28-30-32-34-36-42(50)47-39(40(49)35-33-31-29-27-12-10-8-6-4-2)38-54-46-45(53)44(52)43(51)41(37-48)55-46/h12,14-15,17-18,27,33,35,39-41,43-46,48-49,51-53H,3-11,13,16,19-26,28-32,34,36-38H2,1-2H3,(H,47,50)/b15-14-,18-17-,27-12+,35-33+. The number of aliphatic hydroxyl groups excluding tert-OH is 5. The van der Waals surface area contributed by atoms with Gasteiger partial charge in [-0.1, -0.05) is 159 Å². The highest BCUT2D eigenvalue weighted by Crippen LogP contribution is 2.22. The van der Waals surface area contributed by atoms with Gasteiger partial charge in [0.25, 0.3) is 0 Å². The second-order valence-electron chi connectivity index (χ2n) is 15.5. The van der Waals surface area contributed by atoms with Gasteiger partial charge in [0.2, 0.25) is 5.91 Å². The lowest BCUT2D eigenvalue weighted by Crippen LogP contribution is -2.60. The SMILES string of the molecule is CCCCC/C=C/CC/C=C/C(O)C(COC1OC(CO)C(O)C(O)C1O)NC(=O)CCCCCCCCCCCCC/C=C\C/C=C\CCCCCCC. The van der Waals surface area contributed by atoms with Crippen LogP contribution in [0.4, 0.5) is 0 Å². The summed E-state index contributed by atoms with van der Waals surface area (Å²) in [6.45, 7) is 3.68. The molecule has 0 aromatic rings. The van der Waals surface area contributed by atoms with E-state index in [0.29, 0.717) is 6.42 Å². The number of carbonyl (C=O) groups is 1. The van der Waals surface area contributed by atoms with E-state index in [9.17, 15) is 30.3 Å². The second kappa shape index (κ2) is 36.5. The third kappa shape index (κ3) is 27.4. The van der Waals surface area contributed by atoms with E-state index in [1.54, 1.807) is 6.08 Å².